The molecule has 0 spiro atoms. The molecule has 212 valence electrons. The third kappa shape index (κ3) is 5.21. The number of hydrogen-bond acceptors (Lipinski definition) is 5. The van der Waals surface area contributed by atoms with Crippen molar-refractivity contribution in [3.8, 4) is 16.9 Å². The molecule has 2 aromatic heterocycles. The maximum atomic E-state index is 12.8. The molecule has 0 atom stereocenters. The highest BCUT2D eigenvalue weighted by molar-refractivity contribution is 6.04. The first-order valence-corrected chi connectivity index (χ1v) is 14.3. The first-order valence-electron chi connectivity index (χ1n) is 14.3. The van der Waals surface area contributed by atoms with Gasteiger partial charge in [-0.05, 0) is 56.3 Å². The van der Waals surface area contributed by atoms with Gasteiger partial charge in [-0.2, -0.15) is 5.10 Å². The molecule has 0 unspecified atom stereocenters. The Labute approximate surface area is 239 Å². The summed E-state index contributed by atoms with van der Waals surface area (Å²) in [5, 5.41) is 21.6. The number of aromatic carboxylic acids is 1. The minimum atomic E-state index is -0.895. The van der Waals surface area contributed by atoms with Gasteiger partial charge in [-0.25, -0.2) is 4.79 Å². The van der Waals surface area contributed by atoms with Crippen molar-refractivity contribution < 1.29 is 19.4 Å². The average molecular weight is 553 g/mol. The highest BCUT2D eigenvalue weighted by atomic mass is 16.5. The fourth-order valence-corrected chi connectivity index (χ4v) is 6.25. The van der Waals surface area contributed by atoms with Crippen LogP contribution in [0.15, 0.2) is 60.7 Å². The summed E-state index contributed by atoms with van der Waals surface area (Å²) in [7, 11) is 3.78. The van der Waals surface area contributed by atoms with Gasteiger partial charge in [0, 0.05) is 42.1 Å². The molecule has 8 heteroatoms. The van der Waals surface area contributed by atoms with Gasteiger partial charge in [-0.1, -0.05) is 54.6 Å². The van der Waals surface area contributed by atoms with Crippen LogP contribution in [0.3, 0.4) is 0 Å². The zero-order valence-corrected chi connectivity index (χ0v) is 23.7. The second-order valence-electron chi connectivity index (χ2n) is 10.8. The van der Waals surface area contributed by atoms with Crippen LogP contribution in [-0.4, -0.2) is 58.0 Å². The zero-order chi connectivity index (χ0) is 28.3. The van der Waals surface area contributed by atoms with Crippen molar-refractivity contribution in [2.45, 2.75) is 45.4 Å². The van der Waals surface area contributed by atoms with E-state index in [-0.39, 0.29) is 0 Å². The van der Waals surface area contributed by atoms with Gasteiger partial charge < -0.3 is 24.0 Å². The highest BCUT2D eigenvalue weighted by Crippen LogP contribution is 2.39. The third-order valence-electron chi connectivity index (χ3n) is 8.03. The van der Waals surface area contributed by atoms with Crippen molar-refractivity contribution in [3.63, 3.8) is 0 Å². The van der Waals surface area contributed by atoms with E-state index in [1.54, 1.807) is 7.11 Å². The van der Waals surface area contributed by atoms with Crippen LogP contribution in [0.1, 0.15) is 46.7 Å². The quantitative estimate of drug-likeness (QED) is 0.221. The molecule has 5 aromatic rings. The number of ether oxygens (including phenoxy) is 2. The summed E-state index contributed by atoms with van der Waals surface area (Å²) in [5.74, 6) is -0.0440. The Hall–Kier alpha value is -4.14. The Morgan fingerprint density at radius 1 is 1.02 bits per heavy atom. The molecule has 2 N–H and O–H groups in total. The molecular weight excluding hydrogens is 516 g/mol. The van der Waals surface area contributed by atoms with Crippen molar-refractivity contribution in [2.75, 3.05) is 27.3 Å². The van der Waals surface area contributed by atoms with E-state index >= 15 is 0 Å². The lowest BCUT2D eigenvalue weighted by atomic mass is 9.98. The SMILES string of the molecule is COCc1n[nH]c2c1-c1cccc3c(CCCOc4cccc5ccccc45)c(C(=O)O)n(c13)CCCCN(C)C2. The lowest BCUT2D eigenvalue weighted by Gasteiger charge is -2.16. The van der Waals surface area contributed by atoms with Crippen LogP contribution in [0.25, 0.3) is 32.8 Å². The Kier molecular flexibility index (Phi) is 7.76. The number of benzene rings is 3. The predicted molar refractivity (Wildman–Crippen MR) is 161 cm³/mol. The summed E-state index contributed by atoms with van der Waals surface area (Å²) >= 11 is 0. The van der Waals surface area contributed by atoms with E-state index in [4.69, 9.17) is 9.47 Å². The van der Waals surface area contributed by atoms with Crippen LogP contribution in [0.4, 0.5) is 0 Å². The third-order valence-corrected chi connectivity index (χ3v) is 8.03. The van der Waals surface area contributed by atoms with Crippen LogP contribution in [0, 0.1) is 0 Å². The van der Waals surface area contributed by atoms with Crippen LogP contribution in [-0.2, 0) is 30.9 Å². The molecule has 3 heterocycles. The number of H-pyrrole nitrogens is 1. The number of methoxy groups -OCH3 is 1. The average Bonchev–Trinajstić information content (AvgIpc) is 3.51. The van der Waals surface area contributed by atoms with Crippen LogP contribution in [0.5, 0.6) is 5.75 Å². The molecule has 0 aliphatic carbocycles. The van der Waals surface area contributed by atoms with Gasteiger partial charge in [0.15, 0.2) is 0 Å². The summed E-state index contributed by atoms with van der Waals surface area (Å²) in [6.07, 6.45) is 3.16. The summed E-state index contributed by atoms with van der Waals surface area (Å²) in [6, 6.07) is 20.4. The van der Waals surface area contributed by atoms with Gasteiger partial charge in [-0.3, -0.25) is 5.10 Å². The van der Waals surface area contributed by atoms with Gasteiger partial charge in [-0.15, -0.1) is 0 Å². The molecule has 0 fully saturated rings. The monoisotopic (exact) mass is 552 g/mol. The predicted octanol–water partition coefficient (Wildman–Crippen LogP) is 6.27. The molecule has 0 amide bonds. The molecule has 0 saturated carbocycles. The maximum absolute atomic E-state index is 12.8. The van der Waals surface area contributed by atoms with Crippen LogP contribution < -0.4 is 4.74 Å². The summed E-state index contributed by atoms with van der Waals surface area (Å²) in [4.78, 5) is 15.1. The van der Waals surface area contributed by atoms with Crippen molar-refractivity contribution in [1.29, 1.82) is 0 Å². The molecule has 3 aromatic carbocycles. The summed E-state index contributed by atoms with van der Waals surface area (Å²) < 4.78 is 13.7. The number of rotatable bonds is 8. The molecule has 1 aliphatic heterocycles. The number of carbonyl (C=O) groups is 1. The molecule has 1 aliphatic rings. The number of aromatic nitrogens is 3. The van der Waals surface area contributed by atoms with Crippen molar-refractivity contribution in [2.24, 2.45) is 0 Å². The number of aromatic amines is 1. The number of carboxylic acid groups (broad SMARTS) is 1. The van der Waals surface area contributed by atoms with E-state index in [2.05, 4.69) is 52.5 Å². The molecular formula is C33H36N4O4. The van der Waals surface area contributed by atoms with E-state index in [1.807, 2.05) is 34.9 Å². The fourth-order valence-electron chi connectivity index (χ4n) is 6.25. The van der Waals surface area contributed by atoms with Gasteiger partial charge >= 0.3 is 5.97 Å². The van der Waals surface area contributed by atoms with E-state index in [0.717, 1.165) is 81.4 Å². The zero-order valence-electron chi connectivity index (χ0n) is 23.7. The normalized spacial score (nSPS) is 14.2. The molecule has 6 rings (SSSR count). The Morgan fingerprint density at radius 2 is 1.80 bits per heavy atom. The molecule has 41 heavy (non-hydrogen) atoms. The van der Waals surface area contributed by atoms with Gasteiger partial charge in [0.1, 0.15) is 11.4 Å². The molecule has 0 bridgehead atoms. The first kappa shape index (κ1) is 27.1. The van der Waals surface area contributed by atoms with E-state index in [0.29, 0.717) is 38.3 Å². The van der Waals surface area contributed by atoms with Crippen LogP contribution in [0.2, 0.25) is 0 Å². The van der Waals surface area contributed by atoms with Crippen LogP contribution >= 0.6 is 0 Å². The fraction of sp³-hybridized carbons (Fsp3) is 0.333. The maximum Gasteiger partial charge on any atom is 0.352 e. The minimum Gasteiger partial charge on any atom is -0.493 e. The minimum absolute atomic E-state index is 0.372. The van der Waals surface area contributed by atoms with E-state index in [9.17, 15) is 9.90 Å². The standard InChI is InChI=1S/C33H36N4O4/c1-36-17-5-6-18-37-31-24(13-8-14-26(31)30-27(20-36)34-35-28(30)21-40-2)25(32(37)33(38)39)15-9-19-41-29-16-7-11-22-10-3-4-12-23(22)29/h3-4,7-8,10-14,16H,5-6,9,15,17-21H2,1-2H3,(H,34,35)(H,38,39). The number of nitrogens with one attached hydrogen (secondary N) is 1. The lowest BCUT2D eigenvalue weighted by Crippen LogP contribution is -2.20. The number of hydrogen-bond donors (Lipinski definition) is 2. The molecule has 0 radical (unpaired) electrons. The number of nitrogens with zero attached hydrogens (tertiary/aromatic N) is 3. The summed E-state index contributed by atoms with van der Waals surface area (Å²) in [6.45, 7) is 3.15. The number of para-hydroxylation sites is 1. The van der Waals surface area contributed by atoms with Gasteiger partial charge in [0.25, 0.3) is 0 Å². The first-order chi connectivity index (χ1) is 20.1. The highest BCUT2D eigenvalue weighted by Gasteiger charge is 2.27. The topological polar surface area (TPSA) is 92.6 Å². The Morgan fingerprint density at radius 3 is 2.66 bits per heavy atom. The second-order valence-corrected chi connectivity index (χ2v) is 10.8. The summed E-state index contributed by atoms with van der Waals surface area (Å²) in [5.41, 5.74) is 6.05. The van der Waals surface area contributed by atoms with Crippen molar-refractivity contribution in [3.05, 3.63) is 83.3 Å². The number of fused-ring (bicyclic) bond motifs is 3. The van der Waals surface area contributed by atoms with Gasteiger partial charge in [0.05, 0.1) is 30.1 Å². The van der Waals surface area contributed by atoms with Crippen molar-refractivity contribution in [1.82, 2.24) is 19.7 Å². The number of carboxylic acids is 1. The Balaban J connectivity index is 1.40. The smallest absolute Gasteiger partial charge is 0.352 e. The Bertz CT molecular complexity index is 1700. The van der Waals surface area contributed by atoms with Gasteiger partial charge in [0.2, 0.25) is 0 Å². The molecule has 8 nitrogen and oxygen atoms in total. The number of aryl methyl sites for hydroxylation is 2. The second kappa shape index (κ2) is 11.8. The van der Waals surface area contributed by atoms with Crippen molar-refractivity contribution >= 4 is 27.6 Å². The molecule has 0 saturated heterocycles. The van der Waals surface area contributed by atoms with E-state index in [1.165, 1.54) is 0 Å². The largest absolute Gasteiger partial charge is 0.493 e. The van der Waals surface area contributed by atoms with E-state index < -0.39 is 5.97 Å². The lowest BCUT2D eigenvalue weighted by molar-refractivity contribution is 0.0684.